The van der Waals surface area contributed by atoms with Crippen LogP contribution in [-0.4, -0.2) is 47.6 Å². The Morgan fingerprint density at radius 2 is 2.12 bits per heavy atom. The second-order valence-electron chi connectivity index (χ2n) is 6.97. The van der Waals surface area contributed by atoms with E-state index in [1.165, 1.54) is 6.42 Å². The van der Waals surface area contributed by atoms with Crippen LogP contribution in [-0.2, 0) is 9.59 Å². The third-order valence-electron chi connectivity index (χ3n) is 5.46. The highest BCUT2D eigenvalue weighted by Crippen LogP contribution is 2.39. The summed E-state index contributed by atoms with van der Waals surface area (Å²) in [6.45, 7) is 0.494. The van der Waals surface area contributed by atoms with Gasteiger partial charge in [-0.3, -0.25) is 14.5 Å². The van der Waals surface area contributed by atoms with Crippen molar-refractivity contribution in [2.75, 3.05) is 19.0 Å². The molecular formula is C19H26N2O4. The molecule has 1 aromatic carbocycles. The predicted molar refractivity (Wildman–Crippen MR) is 94.7 cm³/mol. The van der Waals surface area contributed by atoms with E-state index in [0.717, 1.165) is 25.7 Å². The fourth-order valence-corrected chi connectivity index (χ4v) is 4.27. The number of carbonyl (C=O) groups is 2. The second-order valence-corrected chi connectivity index (χ2v) is 6.97. The van der Waals surface area contributed by atoms with Crippen molar-refractivity contribution in [3.63, 3.8) is 0 Å². The molecule has 3 atom stereocenters. The first kappa shape index (κ1) is 17.7. The molecular weight excluding hydrogens is 320 g/mol. The highest BCUT2D eigenvalue weighted by Gasteiger charge is 2.44. The number of hydrogen-bond acceptors (Lipinski definition) is 4. The molecule has 0 aromatic heterocycles. The van der Waals surface area contributed by atoms with Crippen molar-refractivity contribution >= 4 is 17.6 Å². The topological polar surface area (TPSA) is 78.9 Å². The standard InChI is InChI=1S/C19H26N2O4/c1-25-15-7-4-6-14(12-15)20-18(22)9-10-21-16-8-3-2-5-13(16)11-17(21)19(23)24/h4,6-7,12-13,16-17H,2-3,5,8-11H2,1H3,(H,20,22)(H,23,24). The van der Waals surface area contributed by atoms with Crippen molar-refractivity contribution < 1.29 is 19.4 Å². The van der Waals surface area contributed by atoms with E-state index in [2.05, 4.69) is 10.2 Å². The normalized spacial score (nSPS) is 26.0. The molecule has 0 bridgehead atoms. The van der Waals surface area contributed by atoms with Crippen LogP contribution in [0.1, 0.15) is 38.5 Å². The van der Waals surface area contributed by atoms with Crippen molar-refractivity contribution in [3.05, 3.63) is 24.3 Å². The number of fused-ring (bicyclic) bond motifs is 1. The molecule has 1 saturated carbocycles. The average Bonchev–Trinajstić information content (AvgIpc) is 2.99. The number of ether oxygens (including phenoxy) is 1. The molecule has 1 heterocycles. The van der Waals surface area contributed by atoms with Gasteiger partial charge in [0.05, 0.1) is 7.11 Å². The predicted octanol–water partition coefficient (Wildman–Crippen LogP) is 2.74. The number of nitrogens with zero attached hydrogens (tertiary/aromatic N) is 1. The van der Waals surface area contributed by atoms with Crippen LogP contribution in [0.3, 0.4) is 0 Å². The second kappa shape index (κ2) is 7.87. The summed E-state index contributed by atoms with van der Waals surface area (Å²) in [6, 6.07) is 7.10. The van der Waals surface area contributed by atoms with E-state index in [1.807, 2.05) is 18.2 Å². The first-order valence-electron chi connectivity index (χ1n) is 9.01. The van der Waals surface area contributed by atoms with Crippen LogP contribution in [0.4, 0.5) is 5.69 Å². The van der Waals surface area contributed by atoms with Crippen LogP contribution in [0.5, 0.6) is 5.75 Å². The maximum Gasteiger partial charge on any atom is 0.320 e. The van der Waals surface area contributed by atoms with E-state index in [9.17, 15) is 14.7 Å². The summed E-state index contributed by atoms with van der Waals surface area (Å²) >= 11 is 0. The van der Waals surface area contributed by atoms with Crippen LogP contribution < -0.4 is 10.1 Å². The van der Waals surface area contributed by atoms with Crippen LogP contribution in [0.2, 0.25) is 0 Å². The van der Waals surface area contributed by atoms with Gasteiger partial charge in [0.15, 0.2) is 0 Å². The minimum Gasteiger partial charge on any atom is -0.497 e. The van der Waals surface area contributed by atoms with Gasteiger partial charge in [-0.05, 0) is 37.3 Å². The van der Waals surface area contributed by atoms with Crippen molar-refractivity contribution in [1.29, 1.82) is 0 Å². The average molecular weight is 346 g/mol. The molecule has 2 fully saturated rings. The van der Waals surface area contributed by atoms with Gasteiger partial charge in [-0.2, -0.15) is 0 Å². The van der Waals surface area contributed by atoms with Crippen LogP contribution >= 0.6 is 0 Å². The van der Waals surface area contributed by atoms with Gasteiger partial charge in [-0.1, -0.05) is 18.9 Å². The molecule has 1 aliphatic carbocycles. The van der Waals surface area contributed by atoms with Crippen LogP contribution in [0.25, 0.3) is 0 Å². The number of anilines is 1. The monoisotopic (exact) mass is 346 g/mol. The van der Waals surface area contributed by atoms with Gasteiger partial charge in [0.25, 0.3) is 0 Å². The summed E-state index contributed by atoms with van der Waals surface area (Å²) in [5, 5.41) is 12.4. The molecule has 0 spiro atoms. The molecule has 2 N–H and O–H groups in total. The molecule has 3 rings (SSSR count). The molecule has 2 aliphatic rings. The fraction of sp³-hybridized carbons (Fsp3) is 0.579. The summed E-state index contributed by atoms with van der Waals surface area (Å²) < 4.78 is 5.15. The summed E-state index contributed by atoms with van der Waals surface area (Å²) in [5.41, 5.74) is 0.691. The summed E-state index contributed by atoms with van der Waals surface area (Å²) in [4.78, 5) is 25.9. The third-order valence-corrected chi connectivity index (χ3v) is 5.46. The number of likely N-dealkylation sites (tertiary alicyclic amines) is 1. The maximum atomic E-state index is 12.3. The zero-order chi connectivity index (χ0) is 17.8. The lowest BCUT2D eigenvalue weighted by Crippen LogP contribution is -2.43. The Morgan fingerprint density at radius 3 is 2.88 bits per heavy atom. The van der Waals surface area contributed by atoms with Crippen molar-refractivity contribution in [3.8, 4) is 5.75 Å². The molecule has 1 saturated heterocycles. The van der Waals surface area contributed by atoms with E-state index in [0.29, 0.717) is 36.4 Å². The minimum atomic E-state index is -0.761. The van der Waals surface area contributed by atoms with E-state index in [4.69, 9.17) is 4.74 Å². The molecule has 6 nitrogen and oxygen atoms in total. The van der Waals surface area contributed by atoms with Crippen LogP contribution in [0, 0.1) is 5.92 Å². The van der Waals surface area contributed by atoms with Crippen molar-refractivity contribution in [1.82, 2.24) is 4.90 Å². The zero-order valence-corrected chi connectivity index (χ0v) is 14.6. The molecule has 25 heavy (non-hydrogen) atoms. The Kier molecular flexibility index (Phi) is 5.58. The number of nitrogens with one attached hydrogen (secondary N) is 1. The first-order chi connectivity index (χ1) is 12.1. The number of methoxy groups -OCH3 is 1. The smallest absolute Gasteiger partial charge is 0.320 e. The molecule has 136 valence electrons. The van der Waals surface area contributed by atoms with E-state index >= 15 is 0 Å². The van der Waals surface area contributed by atoms with Gasteiger partial charge in [0.1, 0.15) is 11.8 Å². The zero-order valence-electron chi connectivity index (χ0n) is 14.6. The Bertz CT molecular complexity index is 634. The summed E-state index contributed by atoms with van der Waals surface area (Å²) in [7, 11) is 1.58. The maximum absolute atomic E-state index is 12.3. The molecule has 6 heteroatoms. The molecule has 0 radical (unpaired) electrons. The number of aliphatic carboxylic acids is 1. The van der Waals surface area contributed by atoms with Gasteiger partial charge in [-0.15, -0.1) is 0 Å². The van der Waals surface area contributed by atoms with Gasteiger partial charge in [0.2, 0.25) is 5.91 Å². The molecule has 1 amide bonds. The third kappa shape index (κ3) is 4.12. The minimum absolute atomic E-state index is 0.100. The van der Waals surface area contributed by atoms with Gasteiger partial charge < -0.3 is 15.2 Å². The van der Waals surface area contributed by atoms with E-state index < -0.39 is 12.0 Å². The van der Waals surface area contributed by atoms with Crippen LogP contribution in [0.15, 0.2) is 24.3 Å². The largest absolute Gasteiger partial charge is 0.497 e. The van der Waals surface area contributed by atoms with Gasteiger partial charge in [-0.25, -0.2) is 0 Å². The van der Waals surface area contributed by atoms with Crippen molar-refractivity contribution in [2.45, 2.75) is 50.6 Å². The first-order valence-corrected chi connectivity index (χ1v) is 9.01. The number of carbonyl (C=O) groups excluding carboxylic acids is 1. The highest BCUT2D eigenvalue weighted by molar-refractivity contribution is 5.91. The van der Waals surface area contributed by atoms with Gasteiger partial charge in [0, 0.05) is 30.8 Å². The Morgan fingerprint density at radius 1 is 1.32 bits per heavy atom. The number of benzene rings is 1. The lowest BCUT2D eigenvalue weighted by Gasteiger charge is -2.32. The van der Waals surface area contributed by atoms with E-state index in [-0.39, 0.29) is 5.91 Å². The number of hydrogen-bond donors (Lipinski definition) is 2. The molecule has 3 unspecified atom stereocenters. The number of rotatable bonds is 6. The van der Waals surface area contributed by atoms with E-state index in [1.54, 1.807) is 13.2 Å². The Balaban J connectivity index is 1.58. The lowest BCUT2D eigenvalue weighted by molar-refractivity contribution is -0.143. The summed E-state index contributed by atoms with van der Waals surface area (Å²) in [5.74, 6) is 0.295. The van der Waals surface area contributed by atoms with Crippen molar-refractivity contribution in [2.24, 2.45) is 5.92 Å². The summed E-state index contributed by atoms with van der Waals surface area (Å²) in [6.07, 6.45) is 5.52. The fourth-order valence-electron chi connectivity index (χ4n) is 4.27. The number of carboxylic acids is 1. The van der Waals surface area contributed by atoms with Gasteiger partial charge >= 0.3 is 5.97 Å². The highest BCUT2D eigenvalue weighted by atomic mass is 16.5. The Hall–Kier alpha value is -2.08. The molecule has 1 aliphatic heterocycles. The number of carboxylic acid groups (broad SMARTS) is 1. The lowest BCUT2D eigenvalue weighted by atomic mass is 9.85. The number of amides is 1. The SMILES string of the molecule is COc1cccc(NC(=O)CCN2C(C(=O)O)CC3CCCCC32)c1. The molecule has 1 aromatic rings. The quantitative estimate of drug-likeness (QED) is 0.828. The Labute approximate surface area is 148 Å².